The highest BCUT2D eigenvalue weighted by atomic mass is 16.5. The first-order valence-electron chi connectivity index (χ1n) is 16.1. The van der Waals surface area contributed by atoms with Crippen molar-refractivity contribution < 1.29 is 4.74 Å². The number of hydrogen-bond donors (Lipinski definition) is 0. The second-order valence-electron chi connectivity index (χ2n) is 15.0. The van der Waals surface area contributed by atoms with E-state index in [0.29, 0.717) is 23.0 Å². The van der Waals surface area contributed by atoms with E-state index >= 15 is 0 Å². The van der Waals surface area contributed by atoms with Gasteiger partial charge in [-0.3, -0.25) is 0 Å². The molecule has 0 saturated heterocycles. The molecule has 0 aliphatic heterocycles. The zero-order chi connectivity index (χ0) is 25.8. The molecule has 0 spiro atoms. The lowest BCUT2D eigenvalue weighted by Gasteiger charge is -2.58. The first-order chi connectivity index (χ1) is 17.8. The molecule has 1 nitrogen and oxygen atoms in total. The van der Waals surface area contributed by atoms with E-state index in [1.807, 2.05) is 0 Å². The summed E-state index contributed by atoms with van der Waals surface area (Å²) in [5.41, 5.74) is 5.74. The van der Waals surface area contributed by atoms with Gasteiger partial charge in [0.15, 0.2) is 0 Å². The van der Waals surface area contributed by atoms with Crippen LogP contribution >= 0.6 is 0 Å². The van der Waals surface area contributed by atoms with Crippen molar-refractivity contribution in [2.45, 2.75) is 130 Å². The minimum absolute atomic E-state index is 0.380. The zero-order valence-corrected chi connectivity index (χ0v) is 24.5. The van der Waals surface area contributed by atoms with Crippen molar-refractivity contribution in [3.63, 3.8) is 0 Å². The molecule has 1 aromatic carbocycles. The van der Waals surface area contributed by atoms with Crippen LogP contribution in [0.25, 0.3) is 0 Å². The maximum atomic E-state index is 6.78. The lowest BCUT2D eigenvalue weighted by Crippen LogP contribution is -2.51. The molecule has 5 aliphatic carbocycles. The molecule has 1 heteroatoms. The van der Waals surface area contributed by atoms with Crippen molar-refractivity contribution in [2.24, 2.45) is 46.3 Å². The topological polar surface area (TPSA) is 9.23 Å². The second-order valence-corrected chi connectivity index (χ2v) is 15.0. The number of benzene rings is 1. The van der Waals surface area contributed by atoms with Gasteiger partial charge in [-0.15, -0.1) is 0 Å². The normalized spacial score (nSPS) is 40.1. The summed E-state index contributed by atoms with van der Waals surface area (Å²) in [6.07, 6.45) is 21.1. The smallest absolute Gasteiger partial charge is 0.0659 e. The molecule has 37 heavy (non-hydrogen) atoms. The van der Waals surface area contributed by atoms with Gasteiger partial charge in [-0.05, 0) is 128 Å². The summed E-state index contributed by atoms with van der Waals surface area (Å²) in [6.45, 7) is 12.8. The zero-order valence-electron chi connectivity index (χ0n) is 24.5. The van der Waals surface area contributed by atoms with Crippen molar-refractivity contribution in [1.82, 2.24) is 0 Å². The van der Waals surface area contributed by atoms with Gasteiger partial charge in [-0.25, -0.2) is 0 Å². The van der Waals surface area contributed by atoms with Gasteiger partial charge in [-0.2, -0.15) is 0 Å². The average molecular weight is 502 g/mol. The fourth-order valence-electron chi connectivity index (χ4n) is 10.6. The Hall–Kier alpha value is -1.08. The molecule has 0 N–H and O–H groups in total. The Morgan fingerprint density at radius 2 is 1.76 bits per heavy atom. The molecule has 0 bridgehead atoms. The number of fused-ring (bicyclic) bond motifs is 6. The van der Waals surface area contributed by atoms with Crippen LogP contribution in [0, 0.1) is 52.4 Å². The molecule has 3 saturated carbocycles. The van der Waals surface area contributed by atoms with E-state index < -0.39 is 0 Å². The summed E-state index contributed by atoms with van der Waals surface area (Å²) in [4.78, 5) is 0. The SMILES string of the molecule is CC(C)CCCC(C)C1CCC2C3CC=C4CC(OC5Cc6c[c]ccc6C5)CCC4(C)C3CCC12C. The van der Waals surface area contributed by atoms with Gasteiger partial charge in [0.25, 0.3) is 0 Å². The van der Waals surface area contributed by atoms with E-state index in [-0.39, 0.29) is 0 Å². The lowest BCUT2D eigenvalue weighted by molar-refractivity contribution is -0.0738. The first-order valence-corrected chi connectivity index (χ1v) is 16.1. The Morgan fingerprint density at radius 1 is 0.919 bits per heavy atom. The van der Waals surface area contributed by atoms with Gasteiger partial charge >= 0.3 is 0 Å². The lowest BCUT2D eigenvalue weighted by atomic mass is 9.47. The Balaban J connectivity index is 1.11. The highest BCUT2D eigenvalue weighted by Crippen LogP contribution is 2.67. The Kier molecular flexibility index (Phi) is 7.17. The van der Waals surface area contributed by atoms with Crippen LogP contribution in [0.2, 0.25) is 0 Å². The highest BCUT2D eigenvalue weighted by molar-refractivity contribution is 5.32. The van der Waals surface area contributed by atoms with E-state index in [1.54, 1.807) is 5.57 Å². The van der Waals surface area contributed by atoms with E-state index in [2.05, 4.69) is 65.0 Å². The summed E-state index contributed by atoms with van der Waals surface area (Å²) >= 11 is 0. The molecule has 0 amide bonds. The third-order valence-electron chi connectivity index (χ3n) is 12.6. The minimum atomic E-state index is 0.380. The summed E-state index contributed by atoms with van der Waals surface area (Å²) < 4.78 is 6.78. The molecule has 0 aromatic heterocycles. The Morgan fingerprint density at radius 3 is 2.57 bits per heavy atom. The van der Waals surface area contributed by atoms with Gasteiger partial charge in [0.2, 0.25) is 0 Å². The molecule has 0 heterocycles. The van der Waals surface area contributed by atoms with Crippen molar-refractivity contribution in [3.05, 3.63) is 47.0 Å². The monoisotopic (exact) mass is 501 g/mol. The minimum Gasteiger partial charge on any atom is -0.374 e. The summed E-state index contributed by atoms with van der Waals surface area (Å²) in [6, 6.07) is 9.75. The highest BCUT2D eigenvalue weighted by Gasteiger charge is 2.59. The fourth-order valence-corrected chi connectivity index (χ4v) is 10.6. The first kappa shape index (κ1) is 26.2. The summed E-state index contributed by atoms with van der Waals surface area (Å²) in [7, 11) is 0. The van der Waals surface area contributed by atoms with Crippen LogP contribution in [0.4, 0.5) is 0 Å². The van der Waals surface area contributed by atoms with Crippen molar-refractivity contribution in [1.29, 1.82) is 0 Å². The largest absolute Gasteiger partial charge is 0.374 e. The third kappa shape index (κ3) is 4.68. The maximum Gasteiger partial charge on any atom is 0.0659 e. The van der Waals surface area contributed by atoms with Crippen LogP contribution in [-0.4, -0.2) is 12.2 Å². The van der Waals surface area contributed by atoms with Gasteiger partial charge < -0.3 is 4.74 Å². The predicted octanol–water partition coefficient (Wildman–Crippen LogP) is 9.38. The molecule has 1 aromatic rings. The molecular weight excluding hydrogens is 448 g/mol. The van der Waals surface area contributed by atoms with Gasteiger partial charge in [0.1, 0.15) is 0 Å². The average Bonchev–Trinajstić information content (AvgIpc) is 3.44. The van der Waals surface area contributed by atoms with Crippen LogP contribution in [-0.2, 0) is 17.6 Å². The van der Waals surface area contributed by atoms with Crippen molar-refractivity contribution >= 4 is 0 Å². The molecule has 9 atom stereocenters. The number of rotatable bonds is 7. The fraction of sp³-hybridized carbons (Fsp3) is 0.778. The Bertz CT molecular complexity index is 965. The van der Waals surface area contributed by atoms with Crippen LogP contribution in [0.15, 0.2) is 29.8 Å². The number of allylic oxidation sites excluding steroid dienone is 1. The van der Waals surface area contributed by atoms with E-state index in [4.69, 9.17) is 4.74 Å². The summed E-state index contributed by atoms with van der Waals surface area (Å²) in [5.74, 6) is 5.52. The molecule has 1 radical (unpaired) electrons. The van der Waals surface area contributed by atoms with Crippen molar-refractivity contribution in [2.75, 3.05) is 0 Å². The van der Waals surface area contributed by atoms with E-state index in [0.717, 1.165) is 48.3 Å². The van der Waals surface area contributed by atoms with Crippen LogP contribution < -0.4 is 0 Å². The number of hydrogen-bond acceptors (Lipinski definition) is 1. The van der Waals surface area contributed by atoms with Gasteiger partial charge in [0, 0.05) is 0 Å². The van der Waals surface area contributed by atoms with Gasteiger partial charge in [-0.1, -0.05) is 83.7 Å². The number of ether oxygens (including phenoxy) is 1. The summed E-state index contributed by atoms with van der Waals surface area (Å²) in [5, 5.41) is 0. The van der Waals surface area contributed by atoms with Crippen LogP contribution in [0.5, 0.6) is 0 Å². The molecule has 3 fully saturated rings. The second kappa shape index (κ2) is 10.1. The maximum absolute atomic E-state index is 6.78. The molecule has 9 unspecified atom stereocenters. The Labute approximate surface area is 228 Å². The molecule has 6 rings (SSSR count). The van der Waals surface area contributed by atoms with Crippen LogP contribution in [0.3, 0.4) is 0 Å². The molecule has 5 aliphatic rings. The van der Waals surface area contributed by atoms with Gasteiger partial charge in [0.05, 0.1) is 12.2 Å². The third-order valence-corrected chi connectivity index (χ3v) is 12.6. The quantitative estimate of drug-likeness (QED) is 0.338. The van der Waals surface area contributed by atoms with Crippen molar-refractivity contribution in [3.8, 4) is 0 Å². The van der Waals surface area contributed by atoms with E-state index in [9.17, 15) is 0 Å². The molecule has 203 valence electrons. The molecular formula is C36H53O. The van der Waals surface area contributed by atoms with E-state index in [1.165, 1.54) is 81.8 Å². The van der Waals surface area contributed by atoms with Crippen LogP contribution in [0.1, 0.15) is 116 Å². The predicted molar refractivity (Wildman–Crippen MR) is 154 cm³/mol. The standard InChI is InChI=1S/C36H53O/c1-24(2)9-8-10-25(3)32-15-16-33-31-14-13-28-23-29(37-30-21-26-11-6-7-12-27(26)22-30)17-19-35(28,4)34(31)18-20-36(32,33)5/h6,11-13,24-25,29-34H,8-10,14-23H2,1-5H3.